The number of benzene rings is 1. The van der Waals surface area contributed by atoms with Crippen molar-refractivity contribution < 1.29 is 14.6 Å². The molecule has 1 aromatic carbocycles. The highest BCUT2D eigenvalue weighted by Crippen LogP contribution is 2.25. The van der Waals surface area contributed by atoms with E-state index in [9.17, 15) is 4.79 Å². The fourth-order valence-corrected chi connectivity index (χ4v) is 2.23. The van der Waals surface area contributed by atoms with Crippen molar-refractivity contribution in [3.05, 3.63) is 29.3 Å². The second-order valence-corrected chi connectivity index (χ2v) is 4.72. The van der Waals surface area contributed by atoms with E-state index in [2.05, 4.69) is 12.1 Å². The summed E-state index contributed by atoms with van der Waals surface area (Å²) in [6.07, 6.45) is 5.09. The average Bonchev–Trinajstić information content (AvgIpc) is 2.38. The van der Waals surface area contributed by atoms with Crippen molar-refractivity contribution in [3.63, 3.8) is 0 Å². The van der Waals surface area contributed by atoms with Crippen LogP contribution in [0.5, 0.6) is 5.75 Å². The predicted molar refractivity (Wildman–Crippen MR) is 68.8 cm³/mol. The van der Waals surface area contributed by atoms with Crippen LogP contribution in [0.25, 0.3) is 0 Å². The molecule has 0 heterocycles. The lowest BCUT2D eigenvalue weighted by molar-refractivity contribution is -0.138. The first-order valence-corrected chi connectivity index (χ1v) is 6.40. The molecule has 1 unspecified atom stereocenters. The van der Waals surface area contributed by atoms with Crippen molar-refractivity contribution in [1.82, 2.24) is 0 Å². The Morgan fingerprint density at radius 2 is 2.06 bits per heavy atom. The molecule has 1 aromatic rings. The fourth-order valence-electron chi connectivity index (χ4n) is 2.23. The summed E-state index contributed by atoms with van der Waals surface area (Å²) >= 11 is 0. The number of ether oxygens (including phenoxy) is 1. The van der Waals surface area contributed by atoms with Gasteiger partial charge in [-0.3, -0.25) is 4.79 Å². The molecule has 0 bridgehead atoms. The van der Waals surface area contributed by atoms with Crippen LogP contribution in [0.15, 0.2) is 18.2 Å². The molecule has 0 spiro atoms. The molecule has 0 saturated carbocycles. The van der Waals surface area contributed by atoms with Gasteiger partial charge in [0.15, 0.2) is 0 Å². The van der Waals surface area contributed by atoms with Crippen LogP contribution >= 0.6 is 0 Å². The van der Waals surface area contributed by atoms with Crippen LogP contribution < -0.4 is 10.5 Å². The van der Waals surface area contributed by atoms with Crippen molar-refractivity contribution >= 4 is 5.97 Å². The molecule has 0 aliphatic heterocycles. The maximum Gasteiger partial charge on any atom is 0.320 e. The van der Waals surface area contributed by atoms with Crippen LogP contribution in [0, 0.1) is 0 Å². The first-order chi connectivity index (χ1) is 8.66. The minimum Gasteiger partial charge on any atom is -0.494 e. The van der Waals surface area contributed by atoms with E-state index < -0.39 is 12.0 Å². The van der Waals surface area contributed by atoms with Gasteiger partial charge in [0.2, 0.25) is 0 Å². The summed E-state index contributed by atoms with van der Waals surface area (Å²) in [5, 5.41) is 8.66. The van der Waals surface area contributed by atoms with Crippen molar-refractivity contribution in [1.29, 1.82) is 0 Å². The molecule has 0 aromatic heterocycles. The van der Waals surface area contributed by atoms with Crippen LogP contribution in [0.3, 0.4) is 0 Å². The topological polar surface area (TPSA) is 72.5 Å². The minimum absolute atomic E-state index is 0.326. The molecular weight excluding hydrogens is 230 g/mol. The Balaban J connectivity index is 1.88. The lowest BCUT2D eigenvalue weighted by Crippen LogP contribution is -2.31. The maximum atomic E-state index is 10.6. The summed E-state index contributed by atoms with van der Waals surface area (Å²) in [6, 6.07) is 5.29. The standard InChI is InChI=1S/C14H19NO3/c15-13(14(16)17)7-8-18-12-6-5-10-3-1-2-4-11(10)9-12/h5-6,9,13H,1-4,7-8,15H2,(H,16,17). The lowest BCUT2D eigenvalue weighted by Gasteiger charge is -2.17. The van der Waals surface area contributed by atoms with Crippen molar-refractivity contribution in [2.24, 2.45) is 5.73 Å². The van der Waals surface area contributed by atoms with Gasteiger partial charge in [0.05, 0.1) is 6.61 Å². The highest BCUT2D eigenvalue weighted by Gasteiger charge is 2.12. The number of aliphatic carboxylic acids is 1. The number of rotatable bonds is 5. The lowest BCUT2D eigenvalue weighted by atomic mass is 9.92. The maximum absolute atomic E-state index is 10.6. The highest BCUT2D eigenvalue weighted by molar-refractivity contribution is 5.72. The van der Waals surface area contributed by atoms with E-state index >= 15 is 0 Å². The molecule has 1 aliphatic rings. The molecule has 4 heteroatoms. The summed E-state index contributed by atoms with van der Waals surface area (Å²) in [7, 11) is 0. The van der Waals surface area contributed by atoms with Gasteiger partial charge in [0.1, 0.15) is 11.8 Å². The van der Waals surface area contributed by atoms with E-state index in [0.717, 1.165) is 18.6 Å². The van der Waals surface area contributed by atoms with Gasteiger partial charge in [0.25, 0.3) is 0 Å². The number of carboxylic acids is 1. The van der Waals surface area contributed by atoms with Gasteiger partial charge in [-0.05, 0) is 48.9 Å². The Hall–Kier alpha value is -1.55. The zero-order valence-electron chi connectivity index (χ0n) is 10.4. The van der Waals surface area contributed by atoms with Crippen LogP contribution in [0.2, 0.25) is 0 Å². The number of carbonyl (C=O) groups is 1. The number of fused-ring (bicyclic) bond motifs is 1. The molecule has 1 aliphatic carbocycles. The van der Waals surface area contributed by atoms with Gasteiger partial charge in [-0.15, -0.1) is 0 Å². The van der Waals surface area contributed by atoms with Crippen LogP contribution in [0.1, 0.15) is 30.4 Å². The largest absolute Gasteiger partial charge is 0.494 e. The summed E-state index contributed by atoms with van der Waals surface area (Å²) in [5.74, 6) is -0.169. The third-order valence-electron chi connectivity index (χ3n) is 3.33. The number of hydrogen-bond donors (Lipinski definition) is 2. The first kappa shape index (κ1) is 12.9. The summed E-state index contributed by atoms with van der Waals surface area (Å²) < 4.78 is 5.55. The zero-order valence-corrected chi connectivity index (χ0v) is 10.4. The smallest absolute Gasteiger partial charge is 0.320 e. The summed E-state index contributed by atoms with van der Waals surface area (Å²) in [5.41, 5.74) is 8.19. The monoisotopic (exact) mass is 249 g/mol. The molecule has 2 rings (SSSR count). The second-order valence-electron chi connectivity index (χ2n) is 4.72. The first-order valence-electron chi connectivity index (χ1n) is 6.40. The van der Waals surface area contributed by atoms with E-state index in [1.54, 1.807) is 0 Å². The quantitative estimate of drug-likeness (QED) is 0.833. The molecular formula is C14H19NO3. The number of nitrogens with two attached hydrogens (primary N) is 1. The normalized spacial score (nSPS) is 15.8. The second kappa shape index (κ2) is 5.87. The minimum atomic E-state index is -0.982. The van der Waals surface area contributed by atoms with Gasteiger partial charge in [-0.25, -0.2) is 0 Å². The average molecular weight is 249 g/mol. The van der Waals surface area contributed by atoms with E-state index in [1.165, 1.54) is 24.0 Å². The van der Waals surface area contributed by atoms with E-state index in [4.69, 9.17) is 15.6 Å². The Morgan fingerprint density at radius 1 is 1.33 bits per heavy atom. The molecule has 4 nitrogen and oxygen atoms in total. The molecule has 18 heavy (non-hydrogen) atoms. The number of hydrogen-bond acceptors (Lipinski definition) is 3. The number of aryl methyl sites for hydroxylation is 2. The molecule has 0 fully saturated rings. The Kier molecular flexibility index (Phi) is 4.20. The van der Waals surface area contributed by atoms with E-state index in [1.807, 2.05) is 6.07 Å². The molecule has 0 saturated heterocycles. The van der Waals surface area contributed by atoms with E-state index in [-0.39, 0.29) is 0 Å². The molecule has 1 atom stereocenters. The Morgan fingerprint density at radius 3 is 2.78 bits per heavy atom. The van der Waals surface area contributed by atoms with Gasteiger partial charge in [-0.2, -0.15) is 0 Å². The molecule has 0 radical (unpaired) electrons. The van der Waals surface area contributed by atoms with Crippen molar-refractivity contribution in [2.45, 2.75) is 38.1 Å². The van der Waals surface area contributed by atoms with Crippen molar-refractivity contribution in [2.75, 3.05) is 6.61 Å². The molecule has 98 valence electrons. The highest BCUT2D eigenvalue weighted by atomic mass is 16.5. The van der Waals surface area contributed by atoms with E-state index in [0.29, 0.717) is 13.0 Å². The third-order valence-corrected chi connectivity index (χ3v) is 3.33. The summed E-state index contributed by atoms with van der Waals surface area (Å²) in [6.45, 7) is 0.340. The fraction of sp³-hybridized carbons (Fsp3) is 0.500. The van der Waals surface area contributed by atoms with Crippen LogP contribution in [0.4, 0.5) is 0 Å². The third kappa shape index (κ3) is 3.23. The van der Waals surface area contributed by atoms with Gasteiger partial charge in [-0.1, -0.05) is 6.07 Å². The molecule has 3 N–H and O–H groups in total. The van der Waals surface area contributed by atoms with Gasteiger partial charge in [0, 0.05) is 6.42 Å². The predicted octanol–water partition coefficient (Wildman–Crippen LogP) is 1.75. The Bertz CT molecular complexity index is 431. The zero-order chi connectivity index (χ0) is 13.0. The van der Waals surface area contributed by atoms with Crippen molar-refractivity contribution in [3.8, 4) is 5.75 Å². The van der Waals surface area contributed by atoms with Crippen LogP contribution in [-0.2, 0) is 17.6 Å². The van der Waals surface area contributed by atoms with Gasteiger partial charge < -0.3 is 15.6 Å². The number of carboxylic acid groups (broad SMARTS) is 1. The summed E-state index contributed by atoms with van der Waals surface area (Å²) in [4.78, 5) is 10.6. The van der Waals surface area contributed by atoms with Crippen LogP contribution in [-0.4, -0.2) is 23.7 Å². The molecule has 0 amide bonds. The SMILES string of the molecule is NC(CCOc1ccc2c(c1)CCCC2)C(=O)O. The Labute approximate surface area is 107 Å². The van der Waals surface area contributed by atoms with Gasteiger partial charge >= 0.3 is 5.97 Å².